The van der Waals surface area contributed by atoms with Crippen LogP contribution in [0.25, 0.3) is 0 Å². The van der Waals surface area contributed by atoms with Gasteiger partial charge in [-0.15, -0.1) is 0 Å². The van der Waals surface area contributed by atoms with Crippen LogP contribution in [0.2, 0.25) is 0 Å². The Morgan fingerprint density at radius 2 is 2.00 bits per heavy atom. The molecule has 0 saturated carbocycles. The van der Waals surface area contributed by atoms with Gasteiger partial charge in [0, 0.05) is 35.2 Å². The molecule has 4 nitrogen and oxygen atoms in total. The molecular formula is C12H13BrN4. The Morgan fingerprint density at radius 1 is 1.24 bits per heavy atom. The number of nitrogens with one attached hydrogen (secondary N) is 1. The molecular weight excluding hydrogens is 280 g/mol. The Hall–Kier alpha value is -1.33. The molecule has 2 aromatic heterocycles. The second kappa shape index (κ2) is 5.84. The van der Waals surface area contributed by atoms with E-state index in [0.29, 0.717) is 0 Å². The lowest BCUT2D eigenvalue weighted by Gasteiger charge is -2.13. The average Bonchev–Trinajstić information content (AvgIpc) is 2.39. The molecule has 0 fully saturated rings. The molecule has 2 aromatic rings. The van der Waals surface area contributed by atoms with Crippen molar-refractivity contribution in [3.05, 3.63) is 52.8 Å². The molecule has 0 aliphatic heterocycles. The van der Waals surface area contributed by atoms with E-state index in [-0.39, 0.29) is 6.04 Å². The van der Waals surface area contributed by atoms with Crippen LogP contribution < -0.4 is 5.32 Å². The van der Waals surface area contributed by atoms with E-state index < -0.39 is 0 Å². The Bertz CT molecular complexity index is 458. The van der Waals surface area contributed by atoms with Crippen LogP contribution in [0.5, 0.6) is 0 Å². The van der Waals surface area contributed by atoms with Crippen molar-refractivity contribution in [3.63, 3.8) is 0 Å². The first-order chi connectivity index (χ1) is 8.29. The summed E-state index contributed by atoms with van der Waals surface area (Å²) in [5.41, 5.74) is 1.01. The first-order valence-corrected chi connectivity index (χ1v) is 6.13. The van der Waals surface area contributed by atoms with E-state index in [1.807, 2.05) is 25.2 Å². The highest BCUT2D eigenvalue weighted by Crippen LogP contribution is 2.14. The lowest BCUT2D eigenvalue weighted by atomic mass is 10.1. The third-order valence-electron chi connectivity index (χ3n) is 2.45. The zero-order chi connectivity index (χ0) is 12.1. The standard InChI is InChI=1S/C12H13BrN4/c1-14-11(12-15-5-2-6-16-12)7-10-4-3-9(13)8-17-10/h2-6,8,11,14H,7H2,1H3. The van der Waals surface area contributed by atoms with Gasteiger partial charge in [0.25, 0.3) is 0 Å². The largest absolute Gasteiger partial charge is 0.310 e. The van der Waals surface area contributed by atoms with Gasteiger partial charge in [-0.1, -0.05) is 0 Å². The minimum Gasteiger partial charge on any atom is -0.310 e. The molecule has 5 heteroatoms. The molecule has 17 heavy (non-hydrogen) atoms. The monoisotopic (exact) mass is 292 g/mol. The summed E-state index contributed by atoms with van der Waals surface area (Å²) in [6, 6.07) is 5.89. The van der Waals surface area contributed by atoms with Gasteiger partial charge >= 0.3 is 0 Å². The highest BCUT2D eigenvalue weighted by molar-refractivity contribution is 9.10. The molecule has 2 rings (SSSR count). The second-order valence-corrected chi connectivity index (χ2v) is 4.54. The molecule has 1 N–H and O–H groups in total. The number of hydrogen-bond acceptors (Lipinski definition) is 4. The molecule has 88 valence electrons. The Kier molecular flexibility index (Phi) is 4.17. The number of likely N-dealkylation sites (N-methyl/N-ethyl adjacent to an activating group) is 1. The molecule has 0 bridgehead atoms. The third-order valence-corrected chi connectivity index (χ3v) is 2.92. The molecule has 0 spiro atoms. The predicted octanol–water partition coefficient (Wildman–Crippen LogP) is 2.14. The number of rotatable bonds is 4. The maximum absolute atomic E-state index is 4.35. The van der Waals surface area contributed by atoms with Crippen LogP contribution in [0.4, 0.5) is 0 Å². The predicted molar refractivity (Wildman–Crippen MR) is 69.5 cm³/mol. The van der Waals surface area contributed by atoms with E-state index in [1.54, 1.807) is 18.6 Å². The SMILES string of the molecule is CNC(Cc1ccc(Br)cn1)c1ncccn1. The number of nitrogens with zero attached hydrogens (tertiary/aromatic N) is 3. The lowest BCUT2D eigenvalue weighted by Crippen LogP contribution is -2.21. The zero-order valence-electron chi connectivity index (χ0n) is 9.47. The smallest absolute Gasteiger partial charge is 0.145 e. The Labute approximate surface area is 109 Å². The number of hydrogen-bond donors (Lipinski definition) is 1. The summed E-state index contributed by atoms with van der Waals surface area (Å²) in [5.74, 6) is 0.791. The molecule has 0 aromatic carbocycles. The minimum atomic E-state index is 0.0878. The molecule has 1 atom stereocenters. The summed E-state index contributed by atoms with van der Waals surface area (Å²) >= 11 is 3.37. The first kappa shape index (κ1) is 12.1. The quantitative estimate of drug-likeness (QED) is 0.938. The summed E-state index contributed by atoms with van der Waals surface area (Å²) in [4.78, 5) is 12.9. The fraction of sp³-hybridized carbons (Fsp3) is 0.250. The number of pyridine rings is 1. The Morgan fingerprint density at radius 3 is 2.59 bits per heavy atom. The van der Waals surface area contributed by atoms with Crippen LogP contribution in [0.1, 0.15) is 17.6 Å². The summed E-state index contributed by atoms with van der Waals surface area (Å²) in [6.07, 6.45) is 6.07. The van der Waals surface area contributed by atoms with Crippen LogP contribution in [0.3, 0.4) is 0 Å². The molecule has 0 radical (unpaired) electrons. The van der Waals surface area contributed by atoms with Gasteiger partial charge < -0.3 is 5.32 Å². The van der Waals surface area contributed by atoms with Crippen LogP contribution in [0, 0.1) is 0 Å². The van der Waals surface area contributed by atoms with Crippen LogP contribution in [-0.4, -0.2) is 22.0 Å². The van der Waals surface area contributed by atoms with E-state index in [4.69, 9.17) is 0 Å². The third kappa shape index (κ3) is 3.31. The van der Waals surface area contributed by atoms with Gasteiger partial charge in [0.2, 0.25) is 0 Å². The topological polar surface area (TPSA) is 50.7 Å². The highest BCUT2D eigenvalue weighted by Gasteiger charge is 2.12. The zero-order valence-corrected chi connectivity index (χ0v) is 11.1. The number of aromatic nitrogens is 3. The van der Waals surface area contributed by atoms with Crippen LogP contribution >= 0.6 is 15.9 Å². The maximum Gasteiger partial charge on any atom is 0.145 e. The number of halogens is 1. The van der Waals surface area contributed by atoms with Crippen molar-refractivity contribution < 1.29 is 0 Å². The molecule has 1 unspecified atom stereocenters. The van der Waals surface area contributed by atoms with Crippen molar-refractivity contribution in [1.29, 1.82) is 0 Å². The van der Waals surface area contributed by atoms with E-state index in [0.717, 1.165) is 22.4 Å². The molecule has 0 aliphatic rings. The van der Waals surface area contributed by atoms with Crippen molar-refractivity contribution in [1.82, 2.24) is 20.3 Å². The van der Waals surface area contributed by atoms with Crippen LogP contribution in [0.15, 0.2) is 41.3 Å². The van der Waals surface area contributed by atoms with E-state index in [1.165, 1.54) is 0 Å². The minimum absolute atomic E-state index is 0.0878. The van der Waals surface area contributed by atoms with Gasteiger partial charge in [0.1, 0.15) is 5.82 Å². The Balaban J connectivity index is 2.13. The second-order valence-electron chi connectivity index (χ2n) is 3.62. The van der Waals surface area contributed by atoms with Gasteiger partial charge in [-0.2, -0.15) is 0 Å². The summed E-state index contributed by atoms with van der Waals surface area (Å²) in [6.45, 7) is 0. The summed E-state index contributed by atoms with van der Waals surface area (Å²) < 4.78 is 0.984. The van der Waals surface area contributed by atoms with Gasteiger partial charge in [0.05, 0.1) is 6.04 Å². The fourth-order valence-electron chi connectivity index (χ4n) is 1.55. The van der Waals surface area contributed by atoms with Gasteiger partial charge in [0.15, 0.2) is 0 Å². The van der Waals surface area contributed by atoms with Crippen molar-refractivity contribution in [2.24, 2.45) is 0 Å². The molecule has 2 heterocycles. The van der Waals surface area contributed by atoms with Crippen molar-refractivity contribution in [2.45, 2.75) is 12.5 Å². The van der Waals surface area contributed by atoms with E-state index in [2.05, 4.69) is 36.2 Å². The molecule has 0 aliphatic carbocycles. The summed E-state index contributed by atoms with van der Waals surface area (Å²) in [7, 11) is 1.90. The first-order valence-electron chi connectivity index (χ1n) is 5.34. The van der Waals surface area contributed by atoms with Crippen LogP contribution in [-0.2, 0) is 6.42 Å². The lowest BCUT2D eigenvalue weighted by molar-refractivity contribution is 0.551. The average molecular weight is 293 g/mol. The van der Waals surface area contributed by atoms with Gasteiger partial charge in [-0.25, -0.2) is 9.97 Å². The van der Waals surface area contributed by atoms with E-state index in [9.17, 15) is 0 Å². The van der Waals surface area contributed by atoms with Gasteiger partial charge in [-0.05, 0) is 41.2 Å². The van der Waals surface area contributed by atoms with Crippen molar-refractivity contribution in [3.8, 4) is 0 Å². The fourth-order valence-corrected chi connectivity index (χ4v) is 1.78. The maximum atomic E-state index is 4.35. The van der Waals surface area contributed by atoms with Crippen molar-refractivity contribution in [2.75, 3.05) is 7.05 Å². The highest BCUT2D eigenvalue weighted by atomic mass is 79.9. The van der Waals surface area contributed by atoms with Crippen molar-refractivity contribution >= 4 is 15.9 Å². The van der Waals surface area contributed by atoms with E-state index >= 15 is 0 Å². The normalized spacial score (nSPS) is 12.4. The summed E-state index contributed by atoms with van der Waals surface area (Å²) in [5, 5.41) is 3.20. The molecule has 0 amide bonds. The molecule has 0 saturated heterocycles. The van der Waals surface area contributed by atoms with Gasteiger partial charge in [-0.3, -0.25) is 4.98 Å².